The number of amides is 1. The molecule has 9 nitrogen and oxygen atoms in total. The van der Waals surface area contributed by atoms with Gasteiger partial charge in [0.2, 0.25) is 0 Å². The molecular formula is C25H21ClFN7O2S. The number of nitrogens with zero attached hydrogens (tertiary/aromatic N) is 5. The van der Waals surface area contributed by atoms with Crippen molar-refractivity contribution in [2.45, 2.75) is 37.8 Å². The molecule has 4 aromatic heterocycles. The number of fused-ring (bicyclic) bond motifs is 1. The van der Waals surface area contributed by atoms with Crippen molar-refractivity contribution < 1.29 is 14.3 Å². The molecule has 0 bridgehead atoms. The number of benzene rings is 1. The van der Waals surface area contributed by atoms with Gasteiger partial charge in [0.1, 0.15) is 34.9 Å². The normalized spacial score (nSPS) is 17.8. The second kappa shape index (κ2) is 9.56. The Balaban J connectivity index is 1.42. The SMILES string of the molecule is O=C(N[C@H]1CCC[C@@H](n2c(-c3c(O)cccc3F)nc3cnc(-c4nc[nH]n4)cc32)C1)c1ccc(Cl)s1. The van der Waals surface area contributed by atoms with Gasteiger partial charge >= 0.3 is 0 Å². The lowest BCUT2D eigenvalue weighted by molar-refractivity contribution is 0.0925. The van der Waals surface area contributed by atoms with E-state index in [1.165, 1.54) is 35.9 Å². The average Bonchev–Trinajstić information content (AvgIpc) is 3.64. The summed E-state index contributed by atoms with van der Waals surface area (Å²) in [6.45, 7) is 0. The van der Waals surface area contributed by atoms with Crippen molar-refractivity contribution in [3.63, 3.8) is 0 Å². The third kappa shape index (κ3) is 4.44. The number of H-pyrrole nitrogens is 1. The van der Waals surface area contributed by atoms with Gasteiger partial charge in [-0.2, -0.15) is 5.10 Å². The highest BCUT2D eigenvalue weighted by Crippen LogP contribution is 2.40. The summed E-state index contributed by atoms with van der Waals surface area (Å²) in [6, 6.07) is 9.21. The molecule has 0 unspecified atom stereocenters. The number of thiophene rings is 1. The molecule has 0 radical (unpaired) electrons. The highest BCUT2D eigenvalue weighted by molar-refractivity contribution is 7.18. The fourth-order valence-electron chi connectivity index (χ4n) is 4.96. The Bertz CT molecular complexity index is 1580. The number of aromatic nitrogens is 6. The molecule has 3 N–H and O–H groups in total. The molecule has 1 amide bonds. The topological polar surface area (TPSA) is 122 Å². The largest absolute Gasteiger partial charge is 0.507 e. The Hall–Kier alpha value is -3.83. The third-order valence-electron chi connectivity index (χ3n) is 6.58. The number of phenolic OH excluding ortho intramolecular Hbond substituents is 1. The molecule has 1 aliphatic carbocycles. The van der Waals surface area contributed by atoms with Crippen LogP contribution in [0.2, 0.25) is 4.34 Å². The summed E-state index contributed by atoms with van der Waals surface area (Å²) in [7, 11) is 0. The number of rotatable bonds is 5. The molecule has 0 spiro atoms. The molecule has 12 heteroatoms. The zero-order valence-corrected chi connectivity index (χ0v) is 20.9. The van der Waals surface area contributed by atoms with Gasteiger partial charge in [-0.25, -0.2) is 14.4 Å². The molecule has 0 aliphatic heterocycles. The van der Waals surface area contributed by atoms with E-state index in [2.05, 4.69) is 25.5 Å². The number of imidazole rings is 1. The molecule has 4 heterocycles. The Morgan fingerprint density at radius 3 is 2.89 bits per heavy atom. The van der Waals surface area contributed by atoms with Gasteiger partial charge in [0.15, 0.2) is 5.82 Å². The smallest absolute Gasteiger partial charge is 0.261 e. The van der Waals surface area contributed by atoms with Gasteiger partial charge in [-0.15, -0.1) is 11.3 Å². The Morgan fingerprint density at radius 1 is 1.24 bits per heavy atom. The molecule has 1 saturated carbocycles. The van der Waals surface area contributed by atoms with Crippen molar-refractivity contribution in [3.8, 4) is 28.7 Å². The van der Waals surface area contributed by atoms with Crippen molar-refractivity contribution in [3.05, 3.63) is 64.0 Å². The first-order valence-electron chi connectivity index (χ1n) is 11.8. The van der Waals surface area contributed by atoms with E-state index in [4.69, 9.17) is 16.6 Å². The van der Waals surface area contributed by atoms with Crippen LogP contribution in [0.4, 0.5) is 4.39 Å². The fraction of sp³-hybridized carbons (Fsp3) is 0.240. The lowest BCUT2D eigenvalue weighted by Gasteiger charge is -2.32. The number of aromatic hydroxyl groups is 1. The molecule has 5 aromatic rings. The number of aromatic amines is 1. The van der Waals surface area contributed by atoms with Crippen LogP contribution in [0.5, 0.6) is 5.75 Å². The van der Waals surface area contributed by atoms with Crippen molar-refractivity contribution in [2.75, 3.05) is 0 Å². The predicted molar refractivity (Wildman–Crippen MR) is 138 cm³/mol. The minimum Gasteiger partial charge on any atom is -0.507 e. The van der Waals surface area contributed by atoms with Crippen molar-refractivity contribution >= 4 is 39.9 Å². The second-order valence-electron chi connectivity index (χ2n) is 8.91. The number of pyridine rings is 1. The lowest BCUT2D eigenvalue weighted by atomic mass is 9.90. The Labute approximate surface area is 219 Å². The van der Waals surface area contributed by atoms with Crippen molar-refractivity contribution in [1.82, 2.24) is 35.0 Å². The number of carbonyl (C=O) groups is 1. The van der Waals surface area contributed by atoms with Gasteiger partial charge < -0.3 is 15.0 Å². The van der Waals surface area contributed by atoms with E-state index < -0.39 is 5.82 Å². The van der Waals surface area contributed by atoms with E-state index in [0.29, 0.717) is 38.5 Å². The summed E-state index contributed by atoms with van der Waals surface area (Å²) >= 11 is 7.24. The summed E-state index contributed by atoms with van der Waals surface area (Å²) in [6.07, 6.45) is 6.14. The van der Waals surface area contributed by atoms with Crippen LogP contribution < -0.4 is 5.32 Å². The van der Waals surface area contributed by atoms with E-state index in [9.17, 15) is 9.90 Å². The van der Waals surface area contributed by atoms with Crippen LogP contribution in [0.15, 0.2) is 48.9 Å². The molecule has 188 valence electrons. The van der Waals surface area contributed by atoms with Crippen LogP contribution in [0.3, 0.4) is 0 Å². The molecule has 1 aliphatic rings. The maximum absolute atomic E-state index is 15.0. The first-order valence-corrected chi connectivity index (χ1v) is 13.0. The highest BCUT2D eigenvalue weighted by atomic mass is 35.5. The third-order valence-corrected chi connectivity index (χ3v) is 7.81. The van der Waals surface area contributed by atoms with Gasteiger partial charge in [-0.1, -0.05) is 17.7 Å². The monoisotopic (exact) mass is 537 g/mol. The molecule has 37 heavy (non-hydrogen) atoms. The summed E-state index contributed by atoms with van der Waals surface area (Å²) in [5, 5.41) is 20.5. The maximum atomic E-state index is 15.0. The van der Waals surface area contributed by atoms with Gasteiger partial charge in [-0.3, -0.25) is 14.9 Å². The number of phenols is 1. The van der Waals surface area contributed by atoms with Crippen LogP contribution in [0, 0.1) is 5.82 Å². The minimum absolute atomic E-state index is 0.0255. The predicted octanol–water partition coefficient (Wildman–Crippen LogP) is 5.36. The minimum atomic E-state index is -0.575. The fourth-order valence-corrected chi connectivity index (χ4v) is 5.90. The van der Waals surface area contributed by atoms with E-state index in [0.717, 1.165) is 24.8 Å². The van der Waals surface area contributed by atoms with Crippen LogP contribution >= 0.6 is 22.9 Å². The quantitative estimate of drug-likeness (QED) is 0.277. The van der Waals surface area contributed by atoms with E-state index in [1.54, 1.807) is 18.3 Å². The van der Waals surface area contributed by atoms with Crippen LogP contribution in [-0.2, 0) is 0 Å². The van der Waals surface area contributed by atoms with E-state index in [1.807, 2.05) is 10.6 Å². The van der Waals surface area contributed by atoms with Crippen molar-refractivity contribution in [2.24, 2.45) is 0 Å². The van der Waals surface area contributed by atoms with Gasteiger partial charge in [0.05, 0.1) is 26.5 Å². The Kier molecular flexibility index (Phi) is 6.09. The summed E-state index contributed by atoms with van der Waals surface area (Å²) in [4.78, 5) is 26.7. The number of hydrogen-bond donors (Lipinski definition) is 3. The molecule has 1 aromatic carbocycles. The summed E-state index contributed by atoms with van der Waals surface area (Å²) in [5.41, 5.74) is 1.83. The number of hydrogen-bond acceptors (Lipinski definition) is 7. The standard InChI is InChI=1S/C25H21ClFN7O2S/c26-21-8-7-20(37-21)25(36)31-13-3-1-4-14(9-13)34-18-10-16(23-29-12-30-33-23)28-11-17(18)32-24(34)22-15(27)5-2-6-19(22)35/h2,5-8,10-14,35H,1,3-4,9H2,(H,31,36)(H,29,30,33)/t13-,14+/m0/s1. The van der Waals surface area contributed by atoms with Crippen LogP contribution in [0.1, 0.15) is 41.4 Å². The molecule has 0 saturated heterocycles. The maximum Gasteiger partial charge on any atom is 0.261 e. The summed E-state index contributed by atoms with van der Waals surface area (Å²) < 4.78 is 17.5. The number of halogens is 2. The first kappa shape index (κ1) is 23.6. The number of nitrogens with one attached hydrogen (secondary N) is 2. The molecule has 2 atom stereocenters. The highest BCUT2D eigenvalue weighted by Gasteiger charge is 2.30. The van der Waals surface area contributed by atoms with E-state index in [-0.39, 0.29) is 29.3 Å². The summed E-state index contributed by atoms with van der Waals surface area (Å²) in [5.74, 6) is -0.209. The van der Waals surface area contributed by atoms with Gasteiger partial charge in [-0.05, 0) is 56.0 Å². The van der Waals surface area contributed by atoms with Crippen LogP contribution in [-0.4, -0.2) is 46.8 Å². The Morgan fingerprint density at radius 2 is 2.14 bits per heavy atom. The van der Waals surface area contributed by atoms with Crippen molar-refractivity contribution in [1.29, 1.82) is 0 Å². The lowest BCUT2D eigenvalue weighted by Crippen LogP contribution is -2.38. The van der Waals surface area contributed by atoms with E-state index >= 15 is 4.39 Å². The first-order chi connectivity index (χ1) is 18.0. The average molecular weight is 538 g/mol. The van der Waals surface area contributed by atoms with Gasteiger partial charge in [0, 0.05) is 12.1 Å². The molecular weight excluding hydrogens is 517 g/mol. The second-order valence-corrected chi connectivity index (χ2v) is 10.6. The zero-order valence-electron chi connectivity index (χ0n) is 19.4. The number of carbonyl (C=O) groups excluding carboxylic acids is 1. The van der Waals surface area contributed by atoms with Gasteiger partial charge in [0.25, 0.3) is 5.91 Å². The van der Waals surface area contributed by atoms with Crippen LogP contribution in [0.25, 0.3) is 33.9 Å². The zero-order chi connectivity index (χ0) is 25.5. The molecule has 1 fully saturated rings. The molecule has 6 rings (SSSR count).